The van der Waals surface area contributed by atoms with Crippen molar-refractivity contribution in [2.24, 2.45) is 11.8 Å². The molecule has 1 aromatic heterocycles. The van der Waals surface area contributed by atoms with Crippen LogP contribution in [0.3, 0.4) is 0 Å². The minimum absolute atomic E-state index is 0.0394. The number of hydrazine groups is 1. The van der Waals surface area contributed by atoms with Gasteiger partial charge in [0.25, 0.3) is 0 Å². The maximum Gasteiger partial charge on any atom is 0.243 e. The molecular formula is C12H25N7O. The number of nitrogens with two attached hydrogens (primary N) is 1. The van der Waals surface area contributed by atoms with Crippen molar-refractivity contribution in [3.05, 3.63) is 0 Å². The highest BCUT2D eigenvalue weighted by atomic mass is 16.3. The van der Waals surface area contributed by atoms with Gasteiger partial charge in [-0.2, -0.15) is 15.0 Å². The number of hydrogen-bond acceptors (Lipinski definition) is 8. The molecule has 0 spiro atoms. The Bertz CT molecular complexity index is 411. The number of nitrogen functional groups attached to an aromatic ring is 1. The maximum absolute atomic E-state index is 9.17. The van der Waals surface area contributed by atoms with Crippen LogP contribution in [0.5, 0.6) is 0 Å². The fraction of sp³-hybridized carbons (Fsp3) is 0.750. The molecule has 0 amide bonds. The van der Waals surface area contributed by atoms with E-state index in [1.807, 2.05) is 32.6 Å². The number of aromatic nitrogens is 3. The summed E-state index contributed by atoms with van der Waals surface area (Å²) in [4.78, 5) is 14.8. The Morgan fingerprint density at radius 1 is 1.15 bits per heavy atom. The maximum atomic E-state index is 9.17. The highest BCUT2D eigenvalue weighted by Crippen LogP contribution is 2.15. The molecule has 0 fully saturated rings. The molecule has 2 atom stereocenters. The van der Waals surface area contributed by atoms with Crippen LogP contribution in [0.1, 0.15) is 27.7 Å². The molecule has 0 aliphatic carbocycles. The number of anilines is 3. The van der Waals surface area contributed by atoms with E-state index in [-0.39, 0.29) is 18.6 Å². The third-order valence-electron chi connectivity index (χ3n) is 3.30. The van der Waals surface area contributed by atoms with E-state index in [1.54, 1.807) is 0 Å². The second-order valence-electron chi connectivity index (χ2n) is 4.69. The van der Waals surface area contributed by atoms with Crippen LogP contribution in [0, 0.1) is 5.92 Å². The van der Waals surface area contributed by atoms with Crippen molar-refractivity contribution >= 4 is 17.8 Å². The molecule has 0 bridgehead atoms. The molecule has 114 valence electrons. The van der Waals surface area contributed by atoms with E-state index in [0.717, 1.165) is 13.1 Å². The Morgan fingerprint density at radius 3 is 2.25 bits per heavy atom. The van der Waals surface area contributed by atoms with Crippen LogP contribution in [0.15, 0.2) is 0 Å². The van der Waals surface area contributed by atoms with Gasteiger partial charge in [-0.05, 0) is 26.7 Å². The molecule has 1 heterocycles. The van der Waals surface area contributed by atoms with E-state index < -0.39 is 0 Å². The van der Waals surface area contributed by atoms with Gasteiger partial charge in [-0.15, -0.1) is 0 Å². The zero-order valence-electron chi connectivity index (χ0n) is 12.6. The Hall–Kier alpha value is -1.67. The van der Waals surface area contributed by atoms with Gasteiger partial charge in [0.05, 0.1) is 0 Å². The molecular weight excluding hydrogens is 258 g/mol. The molecule has 0 saturated heterocycles. The minimum atomic E-state index is 0.0394. The summed E-state index contributed by atoms with van der Waals surface area (Å²) in [6, 6.07) is 0.0394. The molecule has 1 aromatic rings. The minimum Gasteiger partial charge on any atom is -0.396 e. The number of aliphatic hydroxyl groups is 1. The fourth-order valence-electron chi connectivity index (χ4n) is 1.65. The predicted molar refractivity (Wildman–Crippen MR) is 80.5 cm³/mol. The first-order valence-corrected chi connectivity index (χ1v) is 6.90. The first-order chi connectivity index (χ1) is 9.55. The van der Waals surface area contributed by atoms with Crippen molar-refractivity contribution in [2.75, 3.05) is 35.3 Å². The molecule has 0 aliphatic heterocycles. The molecule has 8 nitrogen and oxygen atoms in total. The van der Waals surface area contributed by atoms with E-state index in [2.05, 4.69) is 25.7 Å². The average molecular weight is 283 g/mol. The van der Waals surface area contributed by atoms with Crippen molar-refractivity contribution < 1.29 is 5.11 Å². The summed E-state index contributed by atoms with van der Waals surface area (Å²) in [6.07, 6.45) is 0. The zero-order valence-corrected chi connectivity index (χ0v) is 12.6. The Kier molecular flexibility index (Phi) is 6.40. The number of hydrogen-bond donors (Lipinski definition) is 4. The molecule has 2 unspecified atom stereocenters. The molecule has 0 saturated carbocycles. The zero-order chi connectivity index (χ0) is 15.1. The van der Waals surface area contributed by atoms with Gasteiger partial charge in [0, 0.05) is 25.7 Å². The molecule has 0 aliphatic rings. The van der Waals surface area contributed by atoms with Crippen LogP contribution in [0.2, 0.25) is 0 Å². The number of nitrogens with zero attached hydrogens (tertiary/aromatic N) is 4. The molecule has 0 radical (unpaired) electrons. The number of rotatable bonds is 8. The van der Waals surface area contributed by atoms with Gasteiger partial charge < -0.3 is 15.3 Å². The Balaban J connectivity index is 2.98. The van der Waals surface area contributed by atoms with Gasteiger partial charge in [0.15, 0.2) is 0 Å². The van der Waals surface area contributed by atoms with Crippen molar-refractivity contribution in [1.82, 2.24) is 15.0 Å². The largest absolute Gasteiger partial charge is 0.396 e. The summed E-state index contributed by atoms with van der Waals surface area (Å²) in [7, 11) is 0. The van der Waals surface area contributed by atoms with Gasteiger partial charge in [-0.3, -0.25) is 5.43 Å². The monoisotopic (exact) mass is 283 g/mol. The second-order valence-corrected chi connectivity index (χ2v) is 4.69. The van der Waals surface area contributed by atoms with Gasteiger partial charge in [0.1, 0.15) is 0 Å². The first kappa shape index (κ1) is 16.4. The topological polar surface area (TPSA) is 112 Å². The Morgan fingerprint density at radius 2 is 1.75 bits per heavy atom. The SMILES string of the molecule is CCN(CC)c1nc(NN)nc(NC(C)C(C)CO)n1. The quantitative estimate of drug-likeness (QED) is 0.401. The van der Waals surface area contributed by atoms with Crippen LogP contribution in [0.25, 0.3) is 0 Å². The highest BCUT2D eigenvalue weighted by Gasteiger charge is 2.15. The summed E-state index contributed by atoms with van der Waals surface area (Å²) in [5, 5.41) is 12.3. The summed E-state index contributed by atoms with van der Waals surface area (Å²) in [5.41, 5.74) is 2.45. The summed E-state index contributed by atoms with van der Waals surface area (Å²) >= 11 is 0. The predicted octanol–water partition coefficient (Wildman–Crippen LogP) is 0.432. The van der Waals surface area contributed by atoms with Gasteiger partial charge in [0.2, 0.25) is 17.8 Å². The molecule has 1 rings (SSSR count). The van der Waals surface area contributed by atoms with Gasteiger partial charge in [-0.1, -0.05) is 6.92 Å². The first-order valence-electron chi connectivity index (χ1n) is 6.90. The van der Waals surface area contributed by atoms with Crippen molar-refractivity contribution in [3.8, 4) is 0 Å². The van der Waals surface area contributed by atoms with Crippen molar-refractivity contribution in [3.63, 3.8) is 0 Å². The summed E-state index contributed by atoms with van der Waals surface area (Å²) in [5.74, 6) is 6.83. The molecule has 0 aromatic carbocycles. The van der Waals surface area contributed by atoms with E-state index in [0.29, 0.717) is 17.8 Å². The summed E-state index contributed by atoms with van der Waals surface area (Å²) in [6.45, 7) is 9.69. The molecule has 20 heavy (non-hydrogen) atoms. The van der Waals surface area contributed by atoms with Gasteiger partial charge >= 0.3 is 0 Å². The lowest BCUT2D eigenvalue weighted by Gasteiger charge is -2.22. The fourth-order valence-corrected chi connectivity index (χ4v) is 1.65. The van der Waals surface area contributed by atoms with Crippen LogP contribution < -0.4 is 21.5 Å². The van der Waals surface area contributed by atoms with Crippen LogP contribution >= 0.6 is 0 Å². The van der Waals surface area contributed by atoms with E-state index in [4.69, 9.17) is 10.9 Å². The number of aliphatic hydroxyl groups excluding tert-OH is 1. The Labute approximate surface area is 119 Å². The van der Waals surface area contributed by atoms with Crippen molar-refractivity contribution in [2.45, 2.75) is 33.7 Å². The van der Waals surface area contributed by atoms with Crippen LogP contribution in [-0.4, -0.2) is 45.8 Å². The lowest BCUT2D eigenvalue weighted by Crippen LogP contribution is -2.29. The standard InChI is InChI=1S/C12H25N7O/c1-5-19(6-2)12-16-10(15-11(17-12)18-13)14-9(4)8(3)7-20/h8-9,20H,5-7,13H2,1-4H3,(H2,14,15,16,17,18). The van der Waals surface area contributed by atoms with Crippen molar-refractivity contribution in [1.29, 1.82) is 0 Å². The average Bonchev–Trinajstić information content (AvgIpc) is 2.47. The lowest BCUT2D eigenvalue weighted by atomic mass is 10.1. The van der Waals surface area contributed by atoms with E-state index in [9.17, 15) is 0 Å². The van der Waals surface area contributed by atoms with Crippen LogP contribution in [-0.2, 0) is 0 Å². The summed E-state index contributed by atoms with van der Waals surface area (Å²) < 4.78 is 0. The highest BCUT2D eigenvalue weighted by molar-refractivity contribution is 5.43. The van der Waals surface area contributed by atoms with Crippen LogP contribution in [0.4, 0.5) is 17.8 Å². The smallest absolute Gasteiger partial charge is 0.243 e. The van der Waals surface area contributed by atoms with E-state index >= 15 is 0 Å². The molecule has 8 heteroatoms. The second kappa shape index (κ2) is 7.81. The molecule has 5 N–H and O–H groups in total. The third-order valence-corrected chi connectivity index (χ3v) is 3.30. The third kappa shape index (κ3) is 4.17. The van der Waals surface area contributed by atoms with E-state index in [1.165, 1.54) is 0 Å². The normalized spacial score (nSPS) is 13.7. The van der Waals surface area contributed by atoms with Gasteiger partial charge in [-0.25, -0.2) is 5.84 Å². The number of nitrogens with one attached hydrogen (secondary N) is 2. The lowest BCUT2D eigenvalue weighted by molar-refractivity contribution is 0.226.